The third kappa shape index (κ3) is 9.92. The van der Waals surface area contributed by atoms with Crippen LogP contribution < -0.4 is 62.2 Å². The van der Waals surface area contributed by atoms with E-state index in [-0.39, 0.29) is 13.4 Å². The lowest BCUT2D eigenvalue weighted by atomic mass is 9.30. The zero-order valence-corrected chi connectivity index (χ0v) is 62.4. The molecule has 23 rings (SSSR count). The van der Waals surface area contributed by atoms with Crippen LogP contribution in [0.4, 0.5) is 102 Å². The summed E-state index contributed by atoms with van der Waals surface area (Å²) in [6, 6.07) is 150. The van der Waals surface area contributed by atoms with Crippen LogP contribution in [0.2, 0.25) is 0 Å². The quantitative estimate of drug-likeness (QED) is 0.113. The second kappa shape index (κ2) is 25.9. The molecule has 0 bridgehead atoms. The van der Waals surface area contributed by atoms with Gasteiger partial charge in [0.2, 0.25) is 0 Å². The molecule has 0 amide bonds. The Morgan fingerprint density at radius 2 is 0.571 bits per heavy atom. The highest BCUT2D eigenvalue weighted by Gasteiger charge is 2.50. The molecular weight excluding hydrogens is 1390 g/mol. The van der Waals surface area contributed by atoms with Crippen molar-refractivity contribution in [1.29, 1.82) is 0 Å². The molecule has 0 unspecified atom stereocenters. The Kier molecular flexibility index (Phi) is 14.8. The monoisotopic (exact) mass is 1460 g/mol. The summed E-state index contributed by atoms with van der Waals surface area (Å²) in [5.41, 5.74) is 31.5. The van der Waals surface area contributed by atoms with Crippen LogP contribution in [0.15, 0.2) is 400 Å². The highest BCUT2D eigenvalue weighted by Crippen LogP contribution is 2.56. The smallest absolute Gasteiger partial charge is 0.252 e. The molecule has 0 fully saturated rings. The fourth-order valence-electron chi connectivity index (χ4n) is 18.8. The number of benzene rings is 17. The molecule has 6 heterocycles. The van der Waals surface area contributed by atoms with Crippen LogP contribution in [0.25, 0.3) is 62.6 Å². The number of para-hydroxylation sites is 8. The van der Waals surface area contributed by atoms with Gasteiger partial charge in [0.15, 0.2) is 0 Å². The lowest BCUT2D eigenvalue weighted by molar-refractivity contribution is 1.22. The van der Waals surface area contributed by atoms with Gasteiger partial charge in [-0.2, -0.15) is 0 Å². The minimum atomic E-state index is -0.268. The fourth-order valence-corrected chi connectivity index (χ4v) is 21.1. The molecule has 6 nitrogen and oxygen atoms in total. The molecule has 10 heteroatoms. The molecule has 0 saturated carbocycles. The normalized spacial score (nSPS) is 12.9. The zero-order chi connectivity index (χ0) is 73.5. The summed E-state index contributed by atoms with van der Waals surface area (Å²) in [6.07, 6.45) is 0. The van der Waals surface area contributed by atoms with E-state index in [9.17, 15) is 0 Å². The fraction of sp³-hybridized carbons (Fsp3) is 0. The molecule has 0 atom stereocenters. The maximum atomic E-state index is 2.69. The Morgan fingerprint density at radius 3 is 1.09 bits per heavy atom. The number of nitrogens with zero attached hydrogens (tertiary/aromatic N) is 6. The highest BCUT2D eigenvalue weighted by molar-refractivity contribution is 7.26. The van der Waals surface area contributed by atoms with Gasteiger partial charge in [0.1, 0.15) is 0 Å². The SMILES string of the molecule is c1ccc(-c2ccccc2N2c3cc4c(cc3B3c5ccccc5N(c5ccccc5)c5cc(N(c6ccccc6)c6cccc7sc8ccccc8c67)cc2c53)B2c3ccccc3N(c3cccc5sc6ccccc6c35)c3cc(N(c5ccccc5)c5ccccc5)cc(c32)N4c2ccccc2-c2ccccc2)cc1. The second-order valence-electron chi connectivity index (χ2n) is 29.4. The first kappa shape index (κ1) is 64.1. The lowest BCUT2D eigenvalue weighted by Gasteiger charge is -2.48. The molecule has 522 valence electrons. The van der Waals surface area contributed by atoms with Gasteiger partial charge in [0.05, 0.1) is 34.1 Å². The minimum Gasteiger partial charge on any atom is -0.311 e. The molecule has 0 N–H and O–H groups in total. The Labute approximate surface area is 658 Å². The predicted octanol–water partition coefficient (Wildman–Crippen LogP) is 24.9. The molecule has 0 radical (unpaired) electrons. The van der Waals surface area contributed by atoms with Crippen molar-refractivity contribution in [3.8, 4) is 22.3 Å². The molecule has 4 aliphatic heterocycles. The van der Waals surface area contributed by atoms with Gasteiger partial charge in [-0.25, -0.2) is 0 Å². The van der Waals surface area contributed by atoms with E-state index in [1.807, 2.05) is 22.7 Å². The summed E-state index contributed by atoms with van der Waals surface area (Å²) < 4.78 is 5.01. The zero-order valence-electron chi connectivity index (χ0n) is 60.8. The molecule has 4 aliphatic rings. The van der Waals surface area contributed by atoms with Crippen molar-refractivity contribution in [2.45, 2.75) is 0 Å². The first-order valence-electron chi connectivity index (χ1n) is 38.5. The van der Waals surface area contributed by atoms with Crippen LogP contribution in [0.5, 0.6) is 0 Å². The predicted molar refractivity (Wildman–Crippen MR) is 481 cm³/mol. The van der Waals surface area contributed by atoms with E-state index in [2.05, 4.69) is 430 Å². The van der Waals surface area contributed by atoms with Gasteiger partial charge in [-0.1, -0.05) is 261 Å². The Hall–Kier alpha value is -13.9. The van der Waals surface area contributed by atoms with Gasteiger partial charge < -0.3 is 29.4 Å². The Bertz CT molecular complexity index is 6830. The second-order valence-corrected chi connectivity index (χ2v) is 31.5. The van der Waals surface area contributed by atoms with Crippen LogP contribution >= 0.6 is 22.7 Å². The summed E-state index contributed by atoms with van der Waals surface area (Å²) in [5, 5.41) is 4.96. The van der Waals surface area contributed by atoms with Crippen molar-refractivity contribution in [1.82, 2.24) is 0 Å². The standard InChI is InChI=1S/C102H66B2N6S2/c1-7-33-67(34-8-1)75-45-19-25-51-83(75)108-90-66-89-81(65-82(90)104-80-50-24-28-54-86(80)110(88-56-32-60-98-100(88)78-48-22-30-58-96(78)112-98)94-62-73(61-92(108)102(94)104)105(69-37-11-3-12-38-69)70-39-13-4-14-40-70)103-79-49-23-27-53-85(79)107(72-43-17-6-18-44-72)91-63-74(64-93(101(91)103)109(89)84-52-26-20-46-76(84)68-35-9-2-10-36-68)106(71-41-15-5-16-42-71)87-55-31-59-97-99(87)77-47-21-29-57-95(77)111-97/h1-66H. The first-order chi connectivity index (χ1) is 55.6. The van der Waals surface area contributed by atoms with Crippen LogP contribution in [-0.4, -0.2) is 13.4 Å². The summed E-state index contributed by atoms with van der Waals surface area (Å²) in [4.78, 5) is 15.5. The first-order valence-corrected chi connectivity index (χ1v) is 40.1. The lowest BCUT2D eigenvalue weighted by Crippen LogP contribution is -2.65. The van der Waals surface area contributed by atoms with Gasteiger partial charge in [-0.3, -0.25) is 0 Å². The van der Waals surface area contributed by atoms with E-state index in [0.29, 0.717) is 0 Å². The van der Waals surface area contributed by atoms with E-state index in [1.54, 1.807) is 0 Å². The summed E-state index contributed by atoms with van der Waals surface area (Å²) in [7, 11) is 0. The minimum absolute atomic E-state index is 0.261. The van der Waals surface area contributed by atoms with Crippen molar-refractivity contribution in [3.05, 3.63) is 400 Å². The van der Waals surface area contributed by atoms with Crippen molar-refractivity contribution < 1.29 is 0 Å². The summed E-state index contributed by atoms with van der Waals surface area (Å²) >= 11 is 3.73. The average Bonchev–Trinajstić information content (AvgIpc) is 0.734. The van der Waals surface area contributed by atoms with E-state index >= 15 is 0 Å². The molecule has 0 aliphatic carbocycles. The molecule has 0 spiro atoms. The number of hydrogen-bond acceptors (Lipinski definition) is 8. The number of anilines is 18. The van der Waals surface area contributed by atoms with E-state index in [4.69, 9.17) is 0 Å². The third-order valence-corrected chi connectivity index (χ3v) is 25.6. The molecule has 17 aromatic carbocycles. The number of rotatable bonds is 12. The van der Waals surface area contributed by atoms with Crippen LogP contribution in [0, 0.1) is 0 Å². The van der Waals surface area contributed by atoms with Gasteiger partial charge in [-0.15, -0.1) is 22.7 Å². The Balaban J connectivity index is 0.877. The van der Waals surface area contributed by atoms with Crippen LogP contribution in [0.3, 0.4) is 0 Å². The number of thiophene rings is 2. The van der Waals surface area contributed by atoms with Crippen molar-refractivity contribution in [2.75, 3.05) is 29.4 Å². The molecule has 19 aromatic rings. The Morgan fingerprint density at radius 1 is 0.214 bits per heavy atom. The van der Waals surface area contributed by atoms with Gasteiger partial charge in [-0.05, 0) is 183 Å². The summed E-state index contributed by atoms with van der Waals surface area (Å²) in [6.45, 7) is -0.529. The maximum Gasteiger partial charge on any atom is 0.252 e. The van der Waals surface area contributed by atoms with Crippen LogP contribution in [0.1, 0.15) is 0 Å². The number of hydrogen-bond donors (Lipinski definition) is 0. The van der Waals surface area contributed by atoms with E-state index < -0.39 is 0 Å². The molecule has 112 heavy (non-hydrogen) atoms. The van der Waals surface area contributed by atoms with Gasteiger partial charge in [0, 0.05) is 120 Å². The van der Waals surface area contributed by atoms with Crippen molar-refractivity contribution >= 4 is 212 Å². The topological polar surface area (TPSA) is 19.4 Å². The third-order valence-electron chi connectivity index (χ3n) is 23.3. The highest BCUT2D eigenvalue weighted by atomic mass is 32.1. The van der Waals surface area contributed by atoms with E-state index in [1.165, 1.54) is 73.1 Å². The molecule has 0 saturated heterocycles. The number of fused-ring (bicyclic) bond motifs is 14. The summed E-state index contributed by atoms with van der Waals surface area (Å²) in [5.74, 6) is 0. The maximum absolute atomic E-state index is 2.69. The molecule has 2 aromatic heterocycles. The van der Waals surface area contributed by atoms with Gasteiger partial charge in [0.25, 0.3) is 13.4 Å². The molecular formula is C102H66B2N6S2. The van der Waals surface area contributed by atoms with Crippen molar-refractivity contribution in [2.24, 2.45) is 0 Å². The van der Waals surface area contributed by atoms with E-state index in [0.717, 1.165) is 125 Å². The van der Waals surface area contributed by atoms with Crippen molar-refractivity contribution in [3.63, 3.8) is 0 Å². The average molecular weight is 1460 g/mol. The van der Waals surface area contributed by atoms with Gasteiger partial charge >= 0.3 is 0 Å². The van der Waals surface area contributed by atoms with Crippen LogP contribution in [-0.2, 0) is 0 Å². The largest absolute Gasteiger partial charge is 0.311 e.